The quantitative estimate of drug-likeness (QED) is 0.500. The Morgan fingerprint density at radius 3 is 2.70 bits per heavy atom. The molecule has 1 aromatic heterocycles. The zero-order valence-corrected chi connectivity index (χ0v) is 17.3. The second-order valence-corrected chi connectivity index (χ2v) is 7.56. The van der Waals surface area contributed by atoms with Crippen molar-refractivity contribution in [2.75, 3.05) is 13.2 Å². The van der Waals surface area contributed by atoms with E-state index in [1.54, 1.807) is 0 Å². The molecule has 0 spiro atoms. The molecule has 2 heterocycles. The molecule has 1 atom stereocenters. The Bertz CT molecular complexity index is 953. The monoisotopic (exact) mass is 405 g/mol. The van der Waals surface area contributed by atoms with E-state index in [4.69, 9.17) is 9.26 Å². The molecule has 0 radical (unpaired) electrons. The summed E-state index contributed by atoms with van der Waals surface area (Å²) in [5.74, 6) is 1.83. The van der Waals surface area contributed by atoms with Gasteiger partial charge >= 0.3 is 0 Å². The summed E-state index contributed by atoms with van der Waals surface area (Å²) in [5.41, 5.74) is 1.55. The Morgan fingerprint density at radius 1 is 1.13 bits per heavy atom. The number of rotatable bonds is 7. The van der Waals surface area contributed by atoms with Gasteiger partial charge in [-0.15, -0.1) is 0 Å². The Hall–Kier alpha value is -3.15. The van der Waals surface area contributed by atoms with Crippen LogP contribution in [-0.4, -0.2) is 34.1 Å². The van der Waals surface area contributed by atoms with Crippen LogP contribution >= 0.6 is 0 Å². The molecule has 6 heteroatoms. The van der Waals surface area contributed by atoms with Crippen molar-refractivity contribution in [3.8, 4) is 17.1 Å². The Morgan fingerprint density at radius 2 is 1.93 bits per heavy atom. The predicted octanol–water partition coefficient (Wildman–Crippen LogP) is 5.28. The van der Waals surface area contributed by atoms with Crippen molar-refractivity contribution in [3.63, 3.8) is 0 Å². The van der Waals surface area contributed by atoms with E-state index in [9.17, 15) is 4.79 Å². The maximum atomic E-state index is 13.2. The maximum Gasteiger partial charge on any atom is 0.254 e. The van der Waals surface area contributed by atoms with Crippen molar-refractivity contribution in [2.45, 2.75) is 45.1 Å². The number of aromatic nitrogens is 2. The Balaban J connectivity index is 1.50. The van der Waals surface area contributed by atoms with Gasteiger partial charge in [-0.2, -0.15) is 4.98 Å². The first kappa shape index (κ1) is 20.1. The number of carbonyl (C=O) groups excluding carboxylic acids is 1. The maximum absolute atomic E-state index is 13.2. The fourth-order valence-electron chi connectivity index (χ4n) is 3.70. The largest absolute Gasteiger partial charge is 0.494 e. The molecular formula is C24H27N3O3. The van der Waals surface area contributed by atoms with Gasteiger partial charge in [0.15, 0.2) is 0 Å². The second-order valence-electron chi connectivity index (χ2n) is 7.56. The highest BCUT2D eigenvalue weighted by Crippen LogP contribution is 2.32. The number of amides is 1. The summed E-state index contributed by atoms with van der Waals surface area (Å²) in [7, 11) is 0. The zero-order valence-electron chi connectivity index (χ0n) is 17.3. The SMILES string of the molecule is CCCCOc1ccc(C(=O)N2CCCCC2c2nc(-c3ccccc3)no2)cc1. The second kappa shape index (κ2) is 9.57. The van der Waals surface area contributed by atoms with Gasteiger partial charge in [-0.25, -0.2) is 0 Å². The molecule has 30 heavy (non-hydrogen) atoms. The third kappa shape index (κ3) is 4.53. The predicted molar refractivity (Wildman–Crippen MR) is 114 cm³/mol. The molecule has 0 bridgehead atoms. The minimum absolute atomic E-state index is 0.0146. The third-order valence-corrected chi connectivity index (χ3v) is 5.39. The summed E-state index contributed by atoms with van der Waals surface area (Å²) in [4.78, 5) is 19.7. The van der Waals surface area contributed by atoms with Gasteiger partial charge in [0.25, 0.3) is 5.91 Å². The molecule has 1 aliphatic heterocycles. The fraction of sp³-hybridized carbons (Fsp3) is 0.375. The van der Waals surface area contributed by atoms with Crippen molar-refractivity contribution >= 4 is 5.91 Å². The standard InChI is InChI=1S/C24H27N3O3/c1-2-3-17-29-20-14-12-19(13-15-20)24(28)27-16-8-7-11-21(27)23-25-22(26-30-23)18-9-5-4-6-10-18/h4-6,9-10,12-15,21H,2-3,7-8,11,16-17H2,1H3. The van der Waals surface area contributed by atoms with E-state index in [2.05, 4.69) is 17.1 Å². The first-order chi connectivity index (χ1) is 14.8. The van der Waals surface area contributed by atoms with Gasteiger partial charge in [0, 0.05) is 17.7 Å². The lowest BCUT2D eigenvalue weighted by Gasteiger charge is -2.33. The van der Waals surface area contributed by atoms with Gasteiger partial charge in [0.2, 0.25) is 11.7 Å². The highest BCUT2D eigenvalue weighted by molar-refractivity contribution is 5.94. The van der Waals surface area contributed by atoms with Gasteiger partial charge in [-0.05, 0) is 49.9 Å². The van der Waals surface area contributed by atoms with E-state index in [0.29, 0.717) is 30.4 Å². The lowest BCUT2D eigenvalue weighted by molar-refractivity contribution is 0.0561. The third-order valence-electron chi connectivity index (χ3n) is 5.39. The molecule has 2 aromatic carbocycles. The molecule has 1 saturated heterocycles. The number of ether oxygens (including phenoxy) is 1. The number of benzene rings is 2. The van der Waals surface area contributed by atoms with Crippen LogP contribution in [0, 0.1) is 0 Å². The first-order valence-corrected chi connectivity index (χ1v) is 10.7. The summed E-state index contributed by atoms with van der Waals surface area (Å²) < 4.78 is 11.3. The minimum atomic E-state index is -0.198. The molecule has 1 unspecified atom stereocenters. The number of hydrogen-bond donors (Lipinski definition) is 0. The molecular weight excluding hydrogens is 378 g/mol. The van der Waals surface area contributed by atoms with Crippen LogP contribution in [0.15, 0.2) is 59.1 Å². The highest BCUT2D eigenvalue weighted by Gasteiger charge is 2.32. The lowest BCUT2D eigenvalue weighted by Crippen LogP contribution is -2.38. The molecule has 156 valence electrons. The zero-order chi connectivity index (χ0) is 20.8. The van der Waals surface area contributed by atoms with E-state index in [1.165, 1.54) is 0 Å². The van der Waals surface area contributed by atoms with Crippen LogP contribution in [0.1, 0.15) is 61.3 Å². The molecule has 0 N–H and O–H groups in total. The molecule has 1 fully saturated rings. The van der Waals surface area contributed by atoms with Crippen LogP contribution in [0.5, 0.6) is 5.75 Å². The topological polar surface area (TPSA) is 68.5 Å². The van der Waals surface area contributed by atoms with Crippen LogP contribution in [0.3, 0.4) is 0 Å². The van der Waals surface area contributed by atoms with Crippen molar-refractivity contribution in [3.05, 3.63) is 66.1 Å². The van der Waals surface area contributed by atoms with E-state index >= 15 is 0 Å². The highest BCUT2D eigenvalue weighted by atomic mass is 16.5. The van der Waals surface area contributed by atoms with E-state index in [1.807, 2.05) is 59.5 Å². The molecule has 4 rings (SSSR count). The minimum Gasteiger partial charge on any atom is -0.494 e. The van der Waals surface area contributed by atoms with Crippen molar-refractivity contribution < 1.29 is 14.1 Å². The van der Waals surface area contributed by atoms with Crippen molar-refractivity contribution in [2.24, 2.45) is 0 Å². The molecule has 1 aliphatic rings. The smallest absolute Gasteiger partial charge is 0.254 e. The van der Waals surface area contributed by atoms with Crippen LogP contribution < -0.4 is 4.74 Å². The normalized spacial score (nSPS) is 16.4. The molecule has 0 aliphatic carbocycles. The number of piperidine rings is 1. The summed E-state index contributed by atoms with van der Waals surface area (Å²) in [5, 5.41) is 4.13. The molecule has 3 aromatic rings. The van der Waals surface area contributed by atoms with Gasteiger partial charge in [-0.1, -0.05) is 48.8 Å². The number of unbranched alkanes of at least 4 members (excludes halogenated alkanes) is 1. The summed E-state index contributed by atoms with van der Waals surface area (Å²) >= 11 is 0. The summed E-state index contributed by atoms with van der Waals surface area (Å²) in [6.07, 6.45) is 4.93. The van der Waals surface area contributed by atoms with Crippen LogP contribution in [0.2, 0.25) is 0 Å². The molecule has 1 amide bonds. The van der Waals surface area contributed by atoms with Gasteiger partial charge in [0.1, 0.15) is 11.8 Å². The Labute approximate surface area is 176 Å². The number of hydrogen-bond acceptors (Lipinski definition) is 5. The van der Waals surface area contributed by atoms with Gasteiger partial charge < -0.3 is 14.2 Å². The van der Waals surface area contributed by atoms with Crippen LogP contribution in [0.4, 0.5) is 0 Å². The first-order valence-electron chi connectivity index (χ1n) is 10.7. The summed E-state index contributed by atoms with van der Waals surface area (Å²) in [6, 6.07) is 16.9. The lowest BCUT2D eigenvalue weighted by atomic mass is 10.0. The van der Waals surface area contributed by atoms with E-state index < -0.39 is 0 Å². The molecule has 0 saturated carbocycles. The fourth-order valence-corrected chi connectivity index (χ4v) is 3.70. The molecule has 6 nitrogen and oxygen atoms in total. The average Bonchev–Trinajstić information content (AvgIpc) is 3.30. The number of likely N-dealkylation sites (tertiary alicyclic amines) is 1. The van der Waals surface area contributed by atoms with Crippen molar-refractivity contribution in [1.29, 1.82) is 0 Å². The van der Waals surface area contributed by atoms with E-state index in [0.717, 1.165) is 43.4 Å². The summed E-state index contributed by atoms with van der Waals surface area (Å²) in [6.45, 7) is 3.51. The van der Waals surface area contributed by atoms with Gasteiger partial charge in [-0.3, -0.25) is 4.79 Å². The van der Waals surface area contributed by atoms with E-state index in [-0.39, 0.29) is 11.9 Å². The Kier molecular flexibility index (Phi) is 6.42. The van der Waals surface area contributed by atoms with Crippen LogP contribution in [-0.2, 0) is 0 Å². The number of nitrogens with zero attached hydrogens (tertiary/aromatic N) is 3. The van der Waals surface area contributed by atoms with Gasteiger partial charge in [0.05, 0.1) is 6.61 Å². The van der Waals surface area contributed by atoms with Crippen LogP contribution in [0.25, 0.3) is 11.4 Å². The average molecular weight is 405 g/mol. The van der Waals surface area contributed by atoms with Crippen molar-refractivity contribution in [1.82, 2.24) is 15.0 Å². The number of carbonyl (C=O) groups is 1.